The van der Waals surface area contributed by atoms with Gasteiger partial charge in [-0.15, -0.1) is 0 Å². The van der Waals surface area contributed by atoms with E-state index in [4.69, 9.17) is 11.1 Å². The van der Waals surface area contributed by atoms with Crippen molar-refractivity contribution in [2.45, 2.75) is 32.2 Å². The Balaban J connectivity index is 3.82. The first kappa shape index (κ1) is 14.4. The van der Waals surface area contributed by atoms with Crippen LogP contribution in [0.1, 0.15) is 26.2 Å². The molecule has 0 aromatic rings. The molecule has 4 nitrogen and oxygen atoms in total. The van der Waals surface area contributed by atoms with Gasteiger partial charge in [-0.05, 0) is 47.1 Å². The van der Waals surface area contributed by atoms with Gasteiger partial charge in [0.05, 0.1) is 5.84 Å². The minimum atomic E-state index is 0.293. The van der Waals surface area contributed by atoms with Gasteiger partial charge in [-0.3, -0.25) is 5.41 Å². The topological polar surface area (TPSA) is 56.4 Å². The van der Waals surface area contributed by atoms with Gasteiger partial charge in [0, 0.05) is 12.5 Å². The number of nitrogens with two attached hydrogens (primary N) is 1. The van der Waals surface area contributed by atoms with Gasteiger partial charge in [0.15, 0.2) is 0 Å². The lowest BCUT2D eigenvalue weighted by molar-refractivity contribution is 0.227. The summed E-state index contributed by atoms with van der Waals surface area (Å²) in [6.45, 7) is 4.33. The zero-order valence-electron chi connectivity index (χ0n) is 10.6. The summed E-state index contributed by atoms with van der Waals surface area (Å²) < 4.78 is 0. The van der Waals surface area contributed by atoms with Crippen LogP contribution in [0.3, 0.4) is 0 Å². The van der Waals surface area contributed by atoms with Crippen LogP contribution in [-0.2, 0) is 0 Å². The number of hydrogen-bond donors (Lipinski definition) is 2. The van der Waals surface area contributed by atoms with Crippen LogP contribution in [0.15, 0.2) is 0 Å². The fourth-order valence-electron chi connectivity index (χ4n) is 1.68. The Morgan fingerprint density at radius 3 is 2.27 bits per heavy atom. The lowest BCUT2D eigenvalue weighted by atomic mass is 10.1. The van der Waals surface area contributed by atoms with E-state index in [2.05, 4.69) is 37.9 Å². The van der Waals surface area contributed by atoms with Crippen LogP contribution in [0.4, 0.5) is 0 Å². The van der Waals surface area contributed by atoms with Crippen molar-refractivity contribution in [2.75, 3.05) is 34.2 Å². The van der Waals surface area contributed by atoms with Gasteiger partial charge < -0.3 is 15.5 Å². The van der Waals surface area contributed by atoms with E-state index in [1.807, 2.05) is 0 Å². The molecular weight excluding hydrogens is 188 g/mol. The van der Waals surface area contributed by atoms with E-state index in [0.717, 1.165) is 25.9 Å². The lowest BCUT2D eigenvalue weighted by Crippen LogP contribution is -2.36. The molecule has 3 N–H and O–H groups in total. The summed E-state index contributed by atoms with van der Waals surface area (Å²) in [5.41, 5.74) is 5.43. The molecule has 0 saturated heterocycles. The molecule has 0 aliphatic carbocycles. The summed E-state index contributed by atoms with van der Waals surface area (Å²) in [7, 11) is 6.30. The van der Waals surface area contributed by atoms with E-state index >= 15 is 0 Å². The van der Waals surface area contributed by atoms with Gasteiger partial charge in [-0.2, -0.15) is 0 Å². The summed E-state index contributed by atoms with van der Waals surface area (Å²) in [5.74, 6) is 0.293. The average Bonchev–Trinajstić information content (AvgIpc) is 2.13. The van der Waals surface area contributed by atoms with Crippen LogP contribution in [0, 0.1) is 5.41 Å². The highest BCUT2D eigenvalue weighted by Crippen LogP contribution is 2.06. The molecule has 1 unspecified atom stereocenters. The van der Waals surface area contributed by atoms with Gasteiger partial charge in [-0.25, -0.2) is 0 Å². The van der Waals surface area contributed by atoms with Crippen LogP contribution in [0.5, 0.6) is 0 Å². The van der Waals surface area contributed by atoms with Gasteiger partial charge in [0.25, 0.3) is 0 Å². The Morgan fingerprint density at radius 2 is 1.87 bits per heavy atom. The molecule has 0 saturated carbocycles. The molecule has 0 amide bonds. The maximum Gasteiger partial charge on any atom is 0.0921 e. The molecule has 0 rings (SSSR count). The molecule has 0 spiro atoms. The molecular formula is C11H26N4. The van der Waals surface area contributed by atoms with Gasteiger partial charge in [0.2, 0.25) is 0 Å². The minimum absolute atomic E-state index is 0.293. The van der Waals surface area contributed by atoms with Crippen molar-refractivity contribution >= 4 is 5.84 Å². The fraction of sp³-hybridized carbons (Fsp3) is 0.909. The molecule has 0 aromatic heterocycles. The van der Waals surface area contributed by atoms with Gasteiger partial charge in [-0.1, -0.05) is 6.92 Å². The van der Waals surface area contributed by atoms with E-state index in [9.17, 15) is 0 Å². The second-order valence-electron chi connectivity index (χ2n) is 4.43. The molecule has 0 heterocycles. The Labute approximate surface area is 93.9 Å². The highest BCUT2D eigenvalue weighted by molar-refractivity contribution is 5.77. The number of hydrogen-bond acceptors (Lipinski definition) is 3. The van der Waals surface area contributed by atoms with Crippen molar-refractivity contribution in [3.8, 4) is 0 Å². The maximum atomic E-state index is 7.31. The lowest BCUT2D eigenvalue weighted by Gasteiger charge is -2.27. The predicted molar refractivity (Wildman–Crippen MR) is 66.4 cm³/mol. The van der Waals surface area contributed by atoms with Crippen molar-refractivity contribution in [2.24, 2.45) is 5.73 Å². The predicted octanol–water partition coefficient (Wildman–Crippen LogP) is 0.975. The van der Waals surface area contributed by atoms with Crippen molar-refractivity contribution < 1.29 is 0 Å². The normalized spacial score (nSPS) is 13.5. The van der Waals surface area contributed by atoms with Gasteiger partial charge >= 0.3 is 0 Å². The van der Waals surface area contributed by atoms with Gasteiger partial charge in [0.1, 0.15) is 0 Å². The minimum Gasteiger partial charge on any atom is -0.388 e. The zero-order chi connectivity index (χ0) is 11.8. The first-order chi connectivity index (χ1) is 6.97. The summed E-state index contributed by atoms with van der Waals surface area (Å²) in [4.78, 5) is 4.50. The first-order valence-corrected chi connectivity index (χ1v) is 5.65. The molecule has 0 bridgehead atoms. The van der Waals surface area contributed by atoms with E-state index < -0.39 is 0 Å². The smallest absolute Gasteiger partial charge is 0.0921 e. The standard InChI is InChI=1S/C11H26N4/c1-5-10(9-11(12)13)15(4)8-6-7-14(2)3/h10H,5-9H2,1-4H3,(H3,12,13). The third-order valence-corrected chi connectivity index (χ3v) is 2.67. The Morgan fingerprint density at radius 1 is 1.27 bits per heavy atom. The molecule has 15 heavy (non-hydrogen) atoms. The molecule has 0 aliphatic rings. The highest BCUT2D eigenvalue weighted by Gasteiger charge is 2.13. The molecule has 0 aliphatic heterocycles. The molecule has 4 heteroatoms. The number of amidine groups is 1. The van der Waals surface area contributed by atoms with Crippen molar-refractivity contribution in [1.82, 2.24) is 9.80 Å². The first-order valence-electron chi connectivity index (χ1n) is 5.65. The highest BCUT2D eigenvalue weighted by atomic mass is 15.1. The SMILES string of the molecule is CCC(CC(=N)N)N(C)CCCN(C)C. The average molecular weight is 214 g/mol. The van der Waals surface area contributed by atoms with Crippen LogP contribution < -0.4 is 5.73 Å². The summed E-state index contributed by atoms with van der Waals surface area (Å²) >= 11 is 0. The molecule has 0 radical (unpaired) electrons. The quantitative estimate of drug-likeness (QED) is 0.468. The molecule has 90 valence electrons. The third-order valence-electron chi connectivity index (χ3n) is 2.67. The Hall–Kier alpha value is -0.610. The van der Waals surface area contributed by atoms with E-state index in [1.54, 1.807) is 0 Å². The number of rotatable bonds is 8. The second kappa shape index (κ2) is 7.65. The van der Waals surface area contributed by atoms with Crippen LogP contribution in [0.2, 0.25) is 0 Å². The summed E-state index contributed by atoms with van der Waals surface area (Å²) in [6.07, 6.45) is 2.91. The monoisotopic (exact) mass is 214 g/mol. The van der Waals surface area contributed by atoms with Crippen LogP contribution in [0.25, 0.3) is 0 Å². The fourth-order valence-corrected chi connectivity index (χ4v) is 1.68. The Kier molecular flexibility index (Phi) is 7.34. The number of nitrogens with zero attached hydrogens (tertiary/aromatic N) is 2. The van der Waals surface area contributed by atoms with Crippen molar-refractivity contribution in [1.29, 1.82) is 5.41 Å². The van der Waals surface area contributed by atoms with E-state index in [-0.39, 0.29) is 0 Å². The van der Waals surface area contributed by atoms with E-state index in [1.165, 1.54) is 0 Å². The molecule has 0 fully saturated rings. The van der Waals surface area contributed by atoms with Crippen LogP contribution >= 0.6 is 0 Å². The summed E-state index contributed by atoms with van der Waals surface area (Å²) in [5, 5.41) is 7.31. The summed E-state index contributed by atoms with van der Waals surface area (Å²) in [6, 6.07) is 0.421. The molecule has 0 aromatic carbocycles. The van der Waals surface area contributed by atoms with E-state index in [0.29, 0.717) is 18.3 Å². The number of nitrogens with one attached hydrogen (secondary N) is 1. The third kappa shape index (κ3) is 7.33. The van der Waals surface area contributed by atoms with Crippen LogP contribution in [-0.4, -0.2) is 55.9 Å². The Bertz CT molecular complexity index is 179. The van der Waals surface area contributed by atoms with Crippen molar-refractivity contribution in [3.05, 3.63) is 0 Å². The molecule has 1 atom stereocenters. The van der Waals surface area contributed by atoms with Crippen molar-refractivity contribution in [3.63, 3.8) is 0 Å². The second-order valence-corrected chi connectivity index (χ2v) is 4.43. The zero-order valence-corrected chi connectivity index (χ0v) is 10.6. The maximum absolute atomic E-state index is 7.31. The largest absolute Gasteiger partial charge is 0.388 e.